The van der Waals surface area contributed by atoms with Crippen LogP contribution in [0.25, 0.3) is 0 Å². The molecule has 2 N–H and O–H groups in total. The van der Waals surface area contributed by atoms with Gasteiger partial charge in [-0.2, -0.15) is 0 Å². The quantitative estimate of drug-likeness (QED) is 0.803. The molecule has 0 amide bonds. The normalized spacial score (nSPS) is 27.7. The van der Waals surface area contributed by atoms with Gasteiger partial charge < -0.3 is 5.73 Å². The van der Waals surface area contributed by atoms with Crippen LogP contribution in [-0.2, 0) is 6.42 Å². The fraction of sp³-hybridized carbons (Fsp3) is 0.571. The predicted octanol–water partition coefficient (Wildman–Crippen LogP) is 2.95. The Morgan fingerprint density at radius 2 is 2.07 bits per heavy atom. The number of hydrogen-bond donors (Lipinski definition) is 1. The third kappa shape index (κ3) is 1.69. The van der Waals surface area contributed by atoms with E-state index in [0.717, 1.165) is 13.0 Å². The molecule has 1 aromatic rings. The maximum atomic E-state index is 5.81. The molecule has 2 rings (SSSR count). The van der Waals surface area contributed by atoms with Crippen LogP contribution in [0.1, 0.15) is 37.8 Å². The summed E-state index contributed by atoms with van der Waals surface area (Å²) in [6, 6.07) is 8.98. The smallest absolute Gasteiger partial charge is 0.00375 e. The lowest BCUT2D eigenvalue weighted by Gasteiger charge is -2.05. The SMILES string of the molecule is CCc1cccc(C2C(CN)C2(C)C)c1. The summed E-state index contributed by atoms with van der Waals surface area (Å²) in [6.45, 7) is 7.67. The Morgan fingerprint density at radius 3 is 2.60 bits per heavy atom. The van der Waals surface area contributed by atoms with Crippen LogP contribution in [0.4, 0.5) is 0 Å². The summed E-state index contributed by atoms with van der Waals surface area (Å²) in [6.07, 6.45) is 1.12. The Kier molecular flexibility index (Phi) is 2.59. The largest absolute Gasteiger partial charge is 0.330 e. The average Bonchev–Trinajstić information content (AvgIpc) is 2.80. The van der Waals surface area contributed by atoms with Gasteiger partial charge >= 0.3 is 0 Å². The zero-order valence-corrected chi connectivity index (χ0v) is 9.96. The van der Waals surface area contributed by atoms with E-state index in [2.05, 4.69) is 45.0 Å². The number of rotatable bonds is 3. The molecule has 15 heavy (non-hydrogen) atoms. The van der Waals surface area contributed by atoms with Crippen LogP contribution in [0.15, 0.2) is 24.3 Å². The lowest BCUT2D eigenvalue weighted by atomic mass is 10.0. The highest BCUT2D eigenvalue weighted by Crippen LogP contribution is 2.63. The maximum absolute atomic E-state index is 5.81. The number of nitrogens with two attached hydrogens (primary N) is 1. The standard InChI is InChI=1S/C14H21N/c1-4-10-6-5-7-11(8-10)13-12(9-15)14(13,2)3/h5-8,12-13H,4,9,15H2,1-3H3. The first-order valence-corrected chi connectivity index (χ1v) is 5.90. The van der Waals surface area contributed by atoms with Gasteiger partial charge in [-0.3, -0.25) is 0 Å². The van der Waals surface area contributed by atoms with Gasteiger partial charge in [0.2, 0.25) is 0 Å². The number of hydrogen-bond acceptors (Lipinski definition) is 1. The van der Waals surface area contributed by atoms with Crippen LogP contribution in [0.2, 0.25) is 0 Å². The van der Waals surface area contributed by atoms with Gasteiger partial charge in [-0.05, 0) is 41.3 Å². The van der Waals surface area contributed by atoms with Crippen molar-refractivity contribution in [1.82, 2.24) is 0 Å². The van der Waals surface area contributed by atoms with E-state index in [1.54, 1.807) is 0 Å². The highest BCUT2D eigenvalue weighted by atomic mass is 14.7. The minimum atomic E-state index is 0.404. The van der Waals surface area contributed by atoms with E-state index in [1.807, 2.05) is 0 Å². The molecule has 0 aromatic heterocycles. The Labute approximate surface area is 92.7 Å². The summed E-state index contributed by atoms with van der Waals surface area (Å²) in [5.74, 6) is 1.35. The summed E-state index contributed by atoms with van der Waals surface area (Å²) in [5.41, 5.74) is 9.13. The molecule has 1 saturated carbocycles. The summed E-state index contributed by atoms with van der Waals surface area (Å²) in [5, 5.41) is 0. The average molecular weight is 203 g/mol. The molecular weight excluding hydrogens is 182 g/mol. The number of aryl methyl sites for hydroxylation is 1. The predicted molar refractivity (Wildman–Crippen MR) is 64.9 cm³/mol. The Bertz CT molecular complexity index is 354. The van der Waals surface area contributed by atoms with Crippen LogP contribution >= 0.6 is 0 Å². The topological polar surface area (TPSA) is 26.0 Å². The molecule has 0 aliphatic heterocycles. The first-order chi connectivity index (χ1) is 7.11. The Morgan fingerprint density at radius 1 is 1.33 bits per heavy atom. The highest BCUT2D eigenvalue weighted by molar-refractivity contribution is 5.34. The van der Waals surface area contributed by atoms with Crippen LogP contribution in [0.5, 0.6) is 0 Å². The molecule has 0 heterocycles. The zero-order chi connectivity index (χ0) is 11.1. The lowest BCUT2D eigenvalue weighted by molar-refractivity contribution is 0.558. The summed E-state index contributed by atoms with van der Waals surface area (Å²) in [4.78, 5) is 0. The minimum Gasteiger partial charge on any atom is -0.330 e. The van der Waals surface area contributed by atoms with E-state index in [9.17, 15) is 0 Å². The fourth-order valence-electron chi connectivity index (χ4n) is 2.85. The minimum absolute atomic E-state index is 0.404. The van der Waals surface area contributed by atoms with Crippen LogP contribution < -0.4 is 5.73 Å². The molecule has 2 atom stereocenters. The molecule has 1 aliphatic rings. The maximum Gasteiger partial charge on any atom is -0.00375 e. The summed E-state index contributed by atoms with van der Waals surface area (Å²) in [7, 11) is 0. The van der Waals surface area contributed by atoms with Crippen LogP contribution in [0, 0.1) is 11.3 Å². The summed E-state index contributed by atoms with van der Waals surface area (Å²) < 4.78 is 0. The molecule has 1 aromatic carbocycles. The van der Waals surface area contributed by atoms with Crippen molar-refractivity contribution in [3.8, 4) is 0 Å². The zero-order valence-electron chi connectivity index (χ0n) is 9.96. The van der Waals surface area contributed by atoms with Gasteiger partial charge in [-0.25, -0.2) is 0 Å². The van der Waals surface area contributed by atoms with Crippen molar-refractivity contribution in [3.05, 3.63) is 35.4 Å². The molecule has 1 heteroatoms. The third-order valence-corrected chi connectivity index (χ3v) is 4.02. The van der Waals surface area contributed by atoms with Crippen molar-refractivity contribution in [3.63, 3.8) is 0 Å². The van der Waals surface area contributed by atoms with Crippen molar-refractivity contribution in [2.45, 2.75) is 33.1 Å². The van der Waals surface area contributed by atoms with E-state index in [-0.39, 0.29) is 0 Å². The van der Waals surface area contributed by atoms with Gasteiger partial charge in [0.15, 0.2) is 0 Å². The number of benzene rings is 1. The second-order valence-electron chi connectivity index (χ2n) is 5.24. The first kappa shape index (κ1) is 10.7. The van der Waals surface area contributed by atoms with Crippen LogP contribution in [-0.4, -0.2) is 6.54 Å². The van der Waals surface area contributed by atoms with Gasteiger partial charge in [-0.1, -0.05) is 45.0 Å². The van der Waals surface area contributed by atoms with Crippen molar-refractivity contribution in [1.29, 1.82) is 0 Å². The van der Waals surface area contributed by atoms with E-state index < -0.39 is 0 Å². The van der Waals surface area contributed by atoms with Crippen molar-refractivity contribution in [2.24, 2.45) is 17.1 Å². The molecule has 1 aliphatic carbocycles. The second-order valence-corrected chi connectivity index (χ2v) is 5.24. The molecule has 1 nitrogen and oxygen atoms in total. The van der Waals surface area contributed by atoms with Crippen LogP contribution in [0.3, 0.4) is 0 Å². The van der Waals surface area contributed by atoms with Gasteiger partial charge in [0, 0.05) is 0 Å². The van der Waals surface area contributed by atoms with E-state index in [4.69, 9.17) is 5.73 Å². The van der Waals surface area contributed by atoms with Gasteiger partial charge in [-0.15, -0.1) is 0 Å². The van der Waals surface area contributed by atoms with E-state index >= 15 is 0 Å². The molecule has 0 radical (unpaired) electrons. The molecule has 82 valence electrons. The van der Waals surface area contributed by atoms with Crippen molar-refractivity contribution < 1.29 is 0 Å². The van der Waals surface area contributed by atoms with E-state index in [1.165, 1.54) is 11.1 Å². The van der Waals surface area contributed by atoms with Gasteiger partial charge in [0.05, 0.1) is 0 Å². The first-order valence-electron chi connectivity index (χ1n) is 5.90. The molecule has 0 bridgehead atoms. The van der Waals surface area contributed by atoms with E-state index in [0.29, 0.717) is 17.3 Å². The van der Waals surface area contributed by atoms with Gasteiger partial charge in [0.25, 0.3) is 0 Å². The van der Waals surface area contributed by atoms with Gasteiger partial charge in [0.1, 0.15) is 0 Å². The third-order valence-electron chi connectivity index (χ3n) is 4.02. The van der Waals surface area contributed by atoms with Crippen molar-refractivity contribution >= 4 is 0 Å². The monoisotopic (exact) mass is 203 g/mol. The highest BCUT2D eigenvalue weighted by Gasteiger charge is 2.57. The Balaban J connectivity index is 2.24. The molecule has 0 saturated heterocycles. The summed E-state index contributed by atoms with van der Waals surface area (Å²) >= 11 is 0. The molecular formula is C14H21N. The molecule has 0 spiro atoms. The fourth-order valence-corrected chi connectivity index (χ4v) is 2.85. The molecule has 1 fully saturated rings. The molecule has 2 unspecified atom stereocenters. The second kappa shape index (κ2) is 3.64. The van der Waals surface area contributed by atoms with Crippen molar-refractivity contribution in [2.75, 3.05) is 6.54 Å². The lowest BCUT2D eigenvalue weighted by Crippen LogP contribution is -2.05. The Hall–Kier alpha value is -0.820.